The molecule has 41 heavy (non-hydrogen) atoms. The van der Waals surface area contributed by atoms with E-state index in [0.717, 1.165) is 9.78 Å². The molecule has 4 heterocycles. The zero-order chi connectivity index (χ0) is 28.7. The van der Waals surface area contributed by atoms with Gasteiger partial charge in [-0.25, -0.2) is 4.79 Å². The zero-order valence-electron chi connectivity index (χ0n) is 21.4. The molecule has 0 saturated carbocycles. The molecule has 1 saturated heterocycles. The number of rotatable bonds is 8. The van der Waals surface area contributed by atoms with Gasteiger partial charge in [0.05, 0.1) is 12.0 Å². The van der Waals surface area contributed by atoms with Crippen LogP contribution in [0.25, 0.3) is 0 Å². The SMILES string of the molecule is O=C(Cc1cccs1)NC1C(=O)N2C(C(=O)O)=C(COc3ccccc3C3NC(=O)c4ccccc4N3)C[S+]([O-])C12. The molecular weight excluding hydrogens is 568 g/mol. The van der Waals surface area contributed by atoms with E-state index in [2.05, 4.69) is 16.0 Å². The molecule has 0 bridgehead atoms. The molecule has 0 spiro atoms. The monoisotopic (exact) mass is 592 g/mol. The summed E-state index contributed by atoms with van der Waals surface area (Å²) in [7, 11) is 0. The Kier molecular flexibility index (Phi) is 7.15. The lowest BCUT2D eigenvalue weighted by Crippen LogP contribution is -2.75. The molecule has 4 atom stereocenters. The summed E-state index contributed by atoms with van der Waals surface area (Å²) < 4.78 is 19.2. The highest BCUT2D eigenvalue weighted by atomic mass is 32.2. The van der Waals surface area contributed by atoms with Gasteiger partial charge in [0.2, 0.25) is 11.3 Å². The van der Waals surface area contributed by atoms with Gasteiger partial charge in [-0.05, 0) is 40.8 Å². The summed E-state index contributed by atoms with van der Waals surface area (Å²) in [5.74, 6) is -2.40. The fourth-order valence-corrected chi connectivity index (χ4v) is 7.51. The number of ether oxygens (including phenoxy) is 1. The van der Waals surface area contributed by atoms with E-state index in [0.29, 0.717) is 22.6 Å². The van der Waals surface area contributed by atoms with Gasteiger partial charge in [-0.15, -0.1) is 11.3 Å². The maximum atomic E-state index is 13.2. The summed E-state index contributed by atoms with van der Waals surface area (Å²) in [5, 5.41) is 19.6. The van der Waals surface area contributed by atoms with Crippen LogP contribution in [0.5, 0.6) is 5.75 Å². The Morgan fingerprint density at radius 3 is 2.66 bits per heavy atom. The van der Waals surface area contributed by atoms with Crippen molar-refractivity contribution in [2.45, 2.75) is 24.0 Å². The number of hydrogen-bond acceptors (Lipinski definition) is 8. The fourth-order valence-electron chi connectivity index (χ4n) is 5.14. The molecule has 2 aromatic carbocycles. The molecule has 11 nitrogen and oxygen atoms in total. The number of aliphatic carboxylic acids is 1. The number of carbonyl (C=O) groups is 4. The number of anilines is 1. The van der Waals surface area contributed by atoms with E-state index in [1.165, 1.54) is 11.3 Å². The average Bonchev–Trinajstić information content (AvgIpc) is 3.47. The quantitative estimate of drug-likeness (QED) is 0.228. The minimum absolute atomic E-state index is 0.0722. The Balaban J connectivity index is 1.19. The van der Waals surface area contributed by atoms with Crippen LogP contribution < -0.4 is 20.7 Å². The van der Waals surface area contributed by atoms with E-state index in [-0.39, 0.29) is 36.0 Å². The van der Waals surface area contributed by atoms with Gasteiger partial charge in [-0.2, -0.15) is 0 Å². The summed E-state index contributed by atoms with van der Waals surface area (Å²) in [4.78, 5) is 52.2. The highest BCUT2D eigenvalue weighted by Crippen LogP contribution is 2.38. The van der Waals surface area contributed by atoms with Crippen LogP contribution in [0, 0.1) is 0 Å². The second-order valence-corrected chi connectivity index (χ2v) is 12.2. The molecule has 1 aromatic heterocycles. The summed E-state index contributed by atoms with van der Waals surface area (Å²) >= 11 is -0.273. The Morgan fingerprint density at radius 2 is 1.88 bits per heavy atom. The van der Waals surface area contributed by atoms with Gasteiger partial charge in [0.25, 0.3) is 11.8 Å². The number of thiophene rings is 1. The molecule has 4 unspecified atom stereocenters. The number of carboxylic acid groups (broad SMARTS) is 1. The standard InChI is InChI=1S/C28H24N4O7S2/c33-21(12-16-6-5-11-40-16)30-22-26(35)32-23(28(36)37)15(14-41(38)27(22)32)13-39-20-10-4-2-8-18(20)24-29-19-9-3-1-7-17(19)25(34)31-24/h1-11,22,24,27,29H,12-14H2,(H,30,33)(H,31,34)(H,36,37). The molecule has 210 valence electrons. The van der Waals surface area contributed by atoms with Crippen LogP contribution in [-0.2, 0) is 32.0 Å². The Hall–Kier alpha value is -4.33. The molecule has 6 rings (SSSR count). The normalized spacial score (nSPS) is 23.0. The van der Waals surface area contributed by atoms with Gasteiger partial charge in [0.15, 0.2) is 6.04 Å². The Bertz CT molecular complexity index is 1570. The largest absolute Gasteiger partial charge is 0.614 e. The lowest BCUT2D eigenvalue weighted by molar-refractivity contribution is -0.151. The van der Waals surface area contributed by atoms with Gasteiger partial charge >= 0.3 is 5.97 Å². The lowest BCUT2D eigenvalue weighted by Gasteiger charge is -2.49. The van der Waals surface area contributed by atoms with Crippen molar-refractivity contribution in [1.29, 1.82) is 0 Å². The third-order valence-electron chi connectivity index (χ3n) is 7.02. The van der Waals surface area contributed by atoms with Crippen LogP contribution in [0.15, 0.2) is 77.3 Å². The van der Waals surface area contributed by atoms with Crippen molar-refractivity contribution < 1.29 is 33.6 Å². The highest BCUT2D eigenvalue weighted by molar-refractivity contribution is 7.92. The van der Waals surface area contributed by atoms with Crippen LogP contribution >= 0.6 is 11.3 Å². The van der Waals surface area contributed by atoms with E-state index < -0.39 is 46.5 Å². The summed E-state index contributed by atoms with van der Waals surface area (Å²) in [6, 6.07) is 16.6. The van der Waals surface area contributed by atoms with Crippen molar-refractivity contribution in [1.82, 2.24) is 15.5 Å². The van der Waals surface area contributed by atoms with Crippen molar-refractivity contribution in [3.05, 3.63) is 93.3 Å². The van der Waals surface area contributed by atoms with Crippen LogP contribution in [0.2, 0.25) is 0 Å². The molecule has 3 aliphatic heterocycles. The number of benzene rings is 2. The molecular formula is C28H24N4O7S2. The van der Waals surface area contributed by atoms with Crippen molar-refractivity contribution in [2.75, 3.05) is 17.7 Å². The number of hydrogen-bond donors (Lipinski definition) is 4. The number of amides is 3. The maximum absolute atomic E-state index is 13.2. The van der Waals surface area contributed by atoms with Crippen LogP contribution in [0.3, 0.4) is 0 Å². The molecule has 3 aromatic rings. The minimum atomic E-state index is -1.68. The zero-order valence-corrected chi connectivity index (χ0v) is 23.0. The molecule has 0 radical (unpaired) electrons. The molecule has 4 N–H and O–H groups in total. The summed E-state index contributed by atoms with van der Waals surface area (Å²) in [6.07, 6.45) is -0.537. The van der Waals surface area contributed by atoms with E-state index >= 15 is 0 Å². The molecule has 3 amide bonds. The van der Waals surface area contributed by atoms with Gasteiger partial charge < -0.3 is 30.3 Å². The van der Waals surface area contributed by atoms with E-state index in [1.807, 2.05) is 17.5 Å². The van der Waals surface area contributed by atoms with E-state index in [1.54, 1.807) is 48.5 Å². The average molecular weight is 593 g/mol. The fraction of sp³-hybridized carbons (Fsp3) is 0.214. The predicted octanol–water partition coefficient (Wildman–Crippen LogP) is 1.98. The Morgan fingerprint density at radius 1 is 1.10 bits per heavy atom. The topological polar surface area (TPSA) is 160 Å². The first-order valence-electron chi connectivity index (χ1n) is 12.7. The van der Waals surface area contributed by atoms with Crippen LogP contribution in [-0.4, -0.2) is 62.0 Å². The molecule has 0 aliphatic carbocycles. The van der Waals surface area contributed by atoms with Crippen molar-refractivity contribution >= 4 is 51.9 Å². The number of para-hydroxylation sites is 2. The van der Waals surface area contributed by atoms with Gasteiger partial charge in [-0.1, -0.05) is 36.4 Å². The summed E-state index contributed by atoms with van der Waals surface area (Å²) in [5.41, 5.74) is 1.67. The second-order valence-electron chi connectivity index (χ2n) is 9.61. The first-order chi connectivity index (χ1) is 19.8. The molecule has 13 heteroatoms. The number of nitrogens with zero attached hydrogens (tertiary/aromatic N) is 1. The number of carboxylic acids is 1. The summed E-state index contributed by atoms with van der Waals surface area (Å²) in [6.45, 7) is -0.243. The van der Waals surface area contributed by atoms with Crippen LogP contribution in [0.4, 0.5) is 5.69 Å². The smallest absolute Gasteiger partial charge is 0.353 e. The number of fused-ring (bicyclic) bond motifs is 2. The Labute approximate surface area is 241 Å². The first-order valence-corrected chi connectivity index (χ1v) is 14.9. The van der Waals surface area contributed by atoms with Gasteiger partial charge in [0.1, 0.15) is 30.0 Å². The second kappa shape index (κ2) is 10.9. The van der Waals surface area contributed by atoms with Crippen molar-refractivity contribution in [3.8, 4) is 5.75 Å². The predicted molar refractivity (Wildman–Crippen MR) is 150 cm³/mol. The lowest BCUT2D eigenvalue weighted by atomic mass is 10.0. The number of nitrogens with one attached hydrogen (secondary N) is 3. The molecule has 3 aliphatic rings. The minimum Gasteiger partial charge on any atom is -0.614 e. The highest BCUT2D eigenvalue weighted by Gasteiger charge is 2.61. The van der Waals surface area contributed by atoms with Gasteiger partial charge in [-0.3, -0.25) is 19.3 Å². The third-order valence-corrected chi connectivity index (χ3v) is 9.55. The van der Waals surface area contributed by atoms with E-state index in [4.69, 9.17) is 4.74 Å². The maximum Gasteiger partial charge on any atom is 0.353 e. The molecule has 1 fully saturated rings. The van der Waals surface area contributed by atoms with Gasteiger partial charge in [0, 0.05) is 21.7 Å². The first kappa shape index (κ1) is 26.9. The van der Waals surface area contributed by atoms with Crippen molar-refractivity contribution in [2.24, 2.45) is 0 Å². The number of carbonyl (C=O) groups excluding carboxylic acids is 3. The van der Waals surface area contributed by atoms with Crippen LogP contribution in [0.1, 0.15) is 27.0 Å². The number of β-lactam (4-membered cyclic amide) rings is 1. The van der Waals surface area contributed by atoms with Crippen molar-refractivity contribution in [3.63, 3.8) is 0 Å². The third kappa shape index (κ3) is 5.03. The van der Waals surface area contributed by atoms with E-state index in [9.17, 15) is 28.8 Å².